The van der Waals surface area contributed by atoms with Crippen LogP contribution in [0, 0.1) is 0 Å². The first-order valence-electron chi connectivity index (χ1n) is 6.18. The van der Waals surface area contributed by atoms with Gasteiger partial charge in [-0.2, -0.15) is 0 Å². The number of hydrogen-bond acceptors (Lipinski definition) is 4. The summed E-state index contributed by atoms with van der Waals surface area (Å²) in [5.41, 5.74) is -0.301. The molecular weight excluding hydrogens is 218 g/mol. The zero-order chi connectivity index (χ0) is 12.5. The van der Waals surface area contributed by atoms with Crippen LogP contribution < -0.4 is 0 Å². The van der Waals surface area contributed by atoms with Gasteiger partial charge in [0.1, 0.15) is 11.3 Å². The van der Waals surface area contributed by atoms with Crippen LogP contribution >= 0.6 is 0 Å². The molecule has 0 saturated heterocycles. The molecule has 1 aromatic rings. The Morgan fingerprint density at radius 3 is 2.82 bits per heavy atom. The van der Waals surface area contributed by atoms with Crippen molar-refractivity contribution in [3.63, 3.8) is 0 Å². The average Bonchev–Trinajstić information content (AvgIpc) is 2.78. The highest BCUT2D eigenvalue weighted by Gasteiger charge is 2.26. The van der Waals surface area contributed by atoms with E-state index in [2.05, 4.69) is 10.3 Å². The number of methoxy groups -OCH3 is 1. The molecule has 1 heterocycles. The molecule has 0 aliphatic heterocycles. The van der Waals surface area contributed by atoms with Crippen LogP contribution in [0.3, 0.4) is 0 Å². The lowest BCUT2D eigenvalue weighted by Crippen LogP contribution is -2.24. The molecule has 1 aliphatic carbocycles. The number of hydrogen-bond donors (Lipinski definition) is 1. The minimum atomic E-state index is -0.923. The van der Waals surface area contributed by atoms with E-state index in [1.54, 1.807) is 21.0 Å². The molecule has 17 heavy (non-hydrogen) atoms. The number of aromatic nitrogens is 3. The lowest BCUT2D eigenvalue weighted by Gasteiger charge is -2.27. The summed E-state index contributed by atoms with van der Waals surface area (Å²) in [6, 6.07) is 0.345. The normalized spacial score (nSPS) is 26.1. The summed E-state index contributed by atoms with van der Waals surface area (Å²) in [5, 5.41) is 18.0. The largest absolute Gasteiger partial charge is 0.384 e. The van der Waals surface area contributed by atoms with Gasteiger partial charge in [0.15, 0.2) is 0 Å². The second-order valence-corrected chi connectivity index (χ2v) is 5.32. The Kier molecular flexibility index (Phi) is 3.49. The average molecular weight is 239 g/mol. The molecule has 2 atom stereocenters. The van der Waals surface area contributed by atoms with Crippen LogP contribution in [0.2, 0.25) is 0 Å². The molecule has 1 fully saturated rings. The molecule has 5 nitrogen and oxygen atoms in total. The molecule has 0 spiro atoms. The Balaban J connectivity index is 2.09. The maximum atomic E-state index is 9.86. The fourth-order valence-electron chi connectivity index (χ4n) is 2.31. The zero-order valence-electron chi connectivity index (χ0n) is 10.8. The van der Waals surface area contributed by atoms with Gasteiger partial charge in [0.25, 0.3) is 0 Å². The van der Waals surface area contributed by atoms with Crippen molar-refractivity contribution in [3.05, 3.63) is 11.9 Å². The van der Waals surface area contributed by atoms with Crippen LogP contribution in [0.4, 0.5) is 0 Å². The highest BCUT2D eigenvalue weighted by molar-refractivity contribution is 5.03. The van der Waals surface area contributed by atoms with Crippen LogP contribution in [-0.4, -0.2) is 33.3 Å². The van der Waals surface area contributed by atoms with Crippen molar-refractivity contribution >= 4 is 0 Å². The van der Waals surface area contributed by atoms with Crippen molar-refractivity contribution in [2.45, 2.75) is 57.3 Å². The van der Waals surface area contributed by atoms with Crippen molar-refractivity contribution < 1.29 is 9.84 Å². The van der Waals surface area contributed by atoms with E-state index in [-0.39, 0.29) is 0 Å². The van der Waals surface area contributed by atoms with Crippen molar-refractivity contribution in [3.8, 4) is 0 Å². The van der Waals surface area contributed by atoms with Gasteiger partial charge in [-0.05, 0) is 39.5 Å². The quantitative estimate of drug-likeness (QED) is 0.871. The molecule has 0 amide bonds. The zero-order valence-corrected chi connectivity index (χ0v) is 10.8. The Morgan fingerprint density at radius 2 is 2.24 bits per heavy atom. The summed E-state index contributed by atoms with van der Waals surface area (Å²) in [5.74, 6) is 0. The molecule has 1 N–H and O–H groups in total. The van der Waals surface area contributed by atoms with Gasteiger partial charge in [-0.1, -0.05) is 5.21 Å². The maximum absolute atomic E-state index is 9.86. The van der Waals surface area contributed by atoms with E-state index in [9.17, 15) is 5.11 Å². The predicted octanol–water partition coefficient (Wildman–Crippen LogP) is 1.64. The van der Waals surface area contributed by atoms with Crippen molar-refractivity contribution in [1.82, 2.24) is 15.0 Å². The van der Waals surface area contributed by atoms with E-state index in [1.807, 2.05) is 10.9 Å². The van der Waals surface area contributed by atoms with E-state index in [4.69, 9.17) is 4.74 Å². The van der Waals surface area contributed by atoms with Crippen LogP contribution in [0.5, 0.6) is 0 Å². The third-order valence-electron chi connectivity index (χ3n) is 3.44. The van der Waals surface area contributed by atoms with Gasteiger partial charge in [-0.3, -0.25) is 0 Å². The lowest BCUT2D eigenvalue weighted by molar-refractivity contribution is 0.0503. The van der Waals surface area contributed by atoms with E-state index >= 15 is 0 Å². The van der Waals surface area contributed by atoms with Gasteiger partial charge in [0.05, 0.1) is 18.3 Å². The third-order valence-corrected chi connectivity index (χ3v) is 3.44. The Labute approximate surface area is 102 Å². The van der Waals surface area contributed by atoms with Crippen molar-refractivity contribution in [1.29, 1.82) is 0 Å². The van der Waals surface area contributed by atoms with Crippen LogP contribution in [0.15, 0.2) is 6.20 Å². The highest BCUT2D eigenvalue weighted by Crippen LogP contribution is 2.30. The molecule has 1 aliphatic rings. The Hall–Kier alpha value is -0.940. The van der Waals surface area contributed by atoms with Crippen molar-refractivity contribution in [2.24, 2.45) is 0 Å². The molecule has 0 bridgehead atoms. The third kappa shape index (κ3) is 2.84. The maximum Gasteiger partial charge on any atom is 0.114 e. The molecular formula is C12H21N3O2. The minimum Gasteiger partial charge on any atom is -0.384 e. The van der Waals surface area contributed by atoms with Gasteiger partial charge >= 0.3 is 0 Å². The first-order chi connectivity index (χ1) is 8.00. The molecule has 96 valence electrons. The van der Waals surface area contributed by atoms with E-state index in [0.29, 0.717) is 17.8 Å². The van der Waals surface area contributed by atoms with Gasteiger partial charge in [0, 0.05) is 7.11 Å². The van der Waals surface area contributed by atoms with Gasteiger partial charge in [-0.25, -0.2) is 4.68 Å². The number of nitrogens with zero attached hydrogens (tertiary/aromatic N) is 3. The number of rotatable bonds is 3. The molecule has 0 aromatic carbocycles. The molecule has 2 unspecified atom stereocenters. The summed E-state index contributed by atoms with van der Waals surface area (Å²) in [7, 11) is 1.76. The van der Waals surface area contributed by atoms with E-state index in [1.165, 1.54) is 0 Å². The summed E-state index contributed by atoms with van der Waals surface area (Å²) in [4.78, 5) is 0. The van der Waals surface area contributed by atoms with Crippen molar-refractivity contribution in [2.75, 3.05) is 7.11 Å². The smallest absolute Gasteiger partial charge is 0.114 e. The summed E-state index contributed by atoms with van der Waals surface area (Å²) < 4.78 is 7.28. The summed E-state index contributed by atoms with van der Waals surface area (Å²) in [6.45, 7) is 3.44. The second-order valence-electron chi connectivity index (χ2n) is 5.32. The number of ether oxygens (including phenoxy) is 1. The first kappa shape index (κ1) is 12.5. The molecule has 0 radical (unpaired) electrons. The lowest BCUT2D eigenvalue weighted by atomic mass is 9.93. The summed E-state index contributed by atoms with van der Waals surface area (Å²) >= 11 is 0. The molecule has 1 aromatic heterocycles. The predicted molar refractivity (Wildman–Crippen MR) is 63.6 cm³/mol. The monoisotopic (exact) mass is 239 g/mol. The Bertz CT molecular complexity index is 370. The van der Waals surface area contributed by atoms with Gasteiger partial charge < -0.3 is 9.84 Å². The minimum absolute atomic E-state index is 0.323. The molecule has 1 saturated carbocycles. The molecule has 2 rings (SSSR count). The Morgan fingerprint density at radius 1 is 1.47 bits per heavy atom. The van der Waals surface area contributed by atoms with E-state index in [0.717, 1.165) is 25.7 Å². The summed E-state index contributed by atoms with van der Waals surface area (Å²) in [6.07, 6.45) is 6.53. The number of aliphatic hydroxyl groups is 1. The van der Waals surface area contributed by atoms with Crippen LogP contribution in [0.1, 0.15) is 51.3 Å². The topological polar surface area (TPSA) is 60.2 Å². The van der Waals surface area contributed by atoms with Gasteiger partial charge in [0.2, 0.25) is 0 Å². The highest BCUT2D eigenvalue weighted by atomic mass is 16.5. The van der Waals surface area contributed by atoms with Gasteiger partial charge in [-0.15, -0.1) is 5.10 Å². The fraction of sp³-hybridized carbons (Fsp3) is 0.833. The molecule has 5 heteroatoms. The van der Waals surface area contributed by atoms with Crippen LogP contribution in [-0.2, 0) is 10.3 Å². The SMILES string of the molecule is COC1CCCC(n2cc(C(C)(C)O)nn2)C1. The second kappa shape index (κ2) is 4.74. The standard InChI is InChI=1S/C12H21N3O2/c1-12(2,16)11-8-15(14-13-11)9-5-4-6-10(7-9)17-3/h8-10,16H,4-7H2,1-3H3. The first-order valence-corrected chi connectivity index (χ1v) is 6.18. The van der Waals surface area contributed by atoms with E-state index < -0.39 is 5.60 Å². The fourth-order valence-corrected chi connectivity index (χ4v) is 2.31. The van der Waals surface area contributed by atoms with Crippen LogP contribution in [0.25, 0.3) is 0 Å².